The van der Waals surface area contributed by atoms with Crippen LogP contribution in [0, 0.1) is 17.8 Å². The van der Waals surface area contributed by atoms with Crippen LogP contribution in [0.2, 0.25) is 0 Å². The maximum Gasteiger partial charge on any atom is 0.246 e. The molecule has 3 heterocycles. The summed E-state index contributed by atoms with van der Waals surface area (Å²) in [5.74, 6) is -9.15. The number of benzene rings is 2. The van der Waals surface area contributed by atoms with Gasteiger partial charge in [0.1, 0.15) is 54.3 Å². The fraction of sp³-hybridized carbons (Fsp3) is 0.633. The van der Waals surface area contributed by atoms with Crippen molar-refractivity contribution in [1.29, 1.82) is 0 Å². The first kappa shape index (κ1) is 67.0. The Hall–Kier alpha value is -6.82. The molecule has 0 saturated carbocycles. The van der Waals surface area contributed by atoms with Gasteiger partial charge in [-0.25, -0.2) is 0 Å². The van der Waals surface area contributed by atoms with Crippen molar-refractivity contribution in [3.8, 4) is 0 Å². The summed E-state index contributed by atoms with van der Waals surface area (Å²) in [6.07, 6.45) is 3.94. The second-order valence-corrected chi connectivity index (χ2v) is 22.9. The van der Waals surface area contributed by atoms with Crippen molar-refractivity contribution in [2.24, 2.45) is 40.7 Å². The van der Waals surface area contributed by atoms with Crippen molar-refractivity contribution in [3.63, 3.8) is 0 Å². The van der Waals surface area contributed by atoms with Gasteiger partial charge < -0.3 is 70.0 Å². The lowest BCUT2D eigenvalue weighted by Gasteiger charge is -2.32. The molecule has 15 N–H and O–H groups in total. The zero-order valence-electron chi connectivity index (χ0n) is 49.0. The van der Waals surface area contributed by atoms with Crippen LogP contribution < -0.4 is 60.2 Å². The largest absolute Gasteiger partial charge is 0.344 e. The molecule has 0 aromatic heterocycles. The topological polar surface area (TPSA) is 365 Å². The molecule has 3 aliphatic rings. The second kappa shape index (κ2) is 34.1. The highest BCUT2D eigenvalue weighted by Crippen LogP contribution is 2.27. The minimum absolute atomic E-state index is 0.00150. The van der Waals surface area contributed by atoms with Gasteiger partial charge in [-0.3, -0.25) is 47.9 Å². The molecule has 3 aliphatic heterocycles. The Morgan fingerprint density at radius 3 is 1.17 bits per heavy atom. The number of nitrogens with one attached hydrogen (secondary N) is 7. The number of rotatable bonds is 20. The Labute approximate surface area is 488 Å². The first-order valence-corrected chi connectivity index (χ1v) is 30.0. The normalized spacial score (nSPS) is 26.2. The number of Topliss-reactive ketones (excluding diaryl/α,β-unsaturated/α-hetero) is 1. The molecule has 23 nitrogen and oxygen atoms in total. The fourth-order valence-electron chi connectivity index (χ4n) is 11.2. The van der Waals surface area contributed by atoms with Crippen LogP contribution in [-0.4, -0.2) is 162 Å². The lowest BCUT2D eigenvalue weighted by atomic mass is 9.85. The van der Waals surface area contributed by atoms with E-state index in [9.17, 15) is 43.2 Å². The Bertz CT molecular complexity index is 2480. The number of carbonyl (C=O) groups is 10. The third-order valence-corrected chi connectivity index (χ3v) is 15.8. The number of fused-ring (bicyclic) bond motifs is 2. The summed E-state index contributed by atoms with van der Waals surface area (Å²) in [6, 6.07) is 7.11. The summed E-state index contributed by atoms with van der Waals surface area (Å²) in [5.41, 5.74) is 25.0. The van der Waals surface area contributed by atoms with Gasteiger partial charge in [0, 0.05) is 25.9 Å². The summed E-state index contributed by atoms with van der Waals surface area (Å²) < 4.78 is 0. The zero-order chi connectivity index (χ0) is 60.6. The minimum Gasteiger partial charge on any atom is -0.344 e. The van der Waals surface area contributed by atoms with Gasteiger partial charge in [-0.1, -0.05) is 88.4 Å². The van der Waals surface area contributed by atoms with Crippen LogP contribution in [0.3, 0.4) is 0 Å². The highest BCUT2D eigenvalue weighted by Gasteiger charge is 2.45. The van der Waals surface area contributed by atoms with Crippen molar-refractivity contribution < 1.29 is 47.9 Å². The zero-order valence-corrected chi connectivity index (χ0v) is 49.0. The molecule has 0 bridgehead atoms. The van der Waals surface area contributed by atoms with E-state index in [1.54, 1.807) is 82.3 Å². The number of carbonyl (C=O) groups excluding carboxylic acids is 10. The summed E-state index contributed by atoms with van der Waals surface area (Å²) in [7, 11) is 0. The van der Waals surface area contributed by atoms with E-state index in [0.717, 1.165) is 0 Å². The lowest BCUT2D eigenvalue weighted by molar-refractivity contribution is -0.146. The van der Waals surface area contributed by atoms with Gasteiger partial charge in [-0.15, -0.1) is 0 Å². The van der Waals surface area contributed by atoms with Crippen LogP contribution in [0.4, 0.5) is 0 Å². The van der Waals surface area contributed by atoms with Gasteiger partial charge in [-0.2, -0.15) is 0 Å². The SMILES string of the molecule is CC(C)[C@@H]1C(=O)N[C@@H](CCCN)C(=O)N[C@@H](CCCCN)C(=O)N[C@H](Cc2ccccc2)C(=O)N2CCC[C@H]2C(=O)N[C@@H](C(C)C)C(=O)N[C@@H](CCCN)C(=O)N[C@@H](CCCCN)C(=O)N[C@H](Cc2ccccc2)C(=O)N2CCC[C@H]2C1=O. The molecular formula is C60H93N13O10. The number of nitrogens with two attached hydrogens (primary N) is 4. The van der Waals surface area contributed by atoms with Crippen LogP contribution in [0.25, 0.3) is 0 Å². The van der Waals surface area contributed by atoms with E-state index in [1.165, 1.54) is 9.80 Å². The standard InChI is InChI=1S/C60H93N13O10/c1-37(2)49-51(74)47-27-17-33-72(47)59(82)45(35-39-19-7-5-8-20-39)69-54(77)42(24-12-14-30-62)66-53(76)44(26-16-32-64)68-58(81)50(38(3)4)71-56(79)48-28-18-34-73(48)60(83)46(36-40-21-9-6-10-22-40)70-55(78)41(23-11-13-29-61)65-52(75)43(25-15-31-63)67-57(49)80/h5-10,19-22,37-38,41-50H,11-18,23-36,61-64H2,1-4H3,(H,65,75)(H,66,76)(H,67,80)(H,68,81)(H,69,77)(H,70,78)(H,71,79)/t41-,42-,43-,44-,45+,46+,47-,48-,49-,50-/m0/s1. The molecule has 10 atom stereocenters. The maximum absolute atomic E-state index is 15.1. The van der Waals surface area contributed by atoms with Crippen molar-refractivity contribution >= 4 is 58.9 Å². The van der Waals surface area contributed by atoms with Gasteiger partial charge in [0.05, 0.1) is 6.04 Å². The Kier molecular flexibility index (Phi) is 27.5. The first-order valence-electron chi connectivity index (χ1n) is 30.0. The Morgan fingerprint density at radius 1 is 0.410 bits per heavy atom. The Balaban J connectivity index is 1.61. The van der Waals surface area contributed by atoms with Crippen LogP contribution in [0.5, 0.6) is 0 Å². The molecule has 0 aliphatic carbocycles. The number of nitrogens with zero attached hydrogens (tertiary/aromatic N) is 2. The molecular weight excluding hydrogens is 1060 g/mol. The number of amides is 9. The maximum atomic E-state index is 15.1. The molecule has 0 radical (unpaired) electrons. The Morgan fingerprint density at radius 2 is 0.771 bits per heavy atom. The van der Waals surface area contributed by atoms with Gasteiger partial charge >= 0.3 is 0 Å². The van der Waals surface area contributed by atoms with E-state index in [0.29, 0.717) is 69.2 Å². The van der Waals surface area contributed by atoms with E-state index in [2.05, 4.69) is 37.2 Å². The van der Waals surface area contributed by atoms with Crippen LogP contribution in [-0.2, 0) is 60.8 Å². The predicted molar refractivity (Wildman–Crippen MR) is 314 cm³/mol. The van der Waals surface area contributed by atoms with E-state index < -0.39 is 131 Å². The molecule has 9 amide bonds. The second-order valence-electron chi connectivity index (χ2n) is 22.9. The average molecular weight is 1160 g/mol. The van der Waals surface area contributed by atoms with Crippen molar-refractivity contribution in [1.82, 2.24) is 47.0 Å². The van der Waals surface area contributed by atoms with Crippen LogP contribution in [0.15, 0.2) is 60.7 Å². The molecule has 5 rings (SSSR count). The van der Waals surface area contributed by atoms with Gasteiger partial charge in [-0.05, 0) is 139 Å². The van der Waals surface area contributed by atoms with Gasteiger partial charge in [0.2, 0.25) is 53.2 Å². The van der Waals surface area contributed by atoms with Crippen LogP contribution >= 0.6 is 0 Å². The monoisotopic (exact) mass is 1160 g/mol. The first-order chi connectivity index (χ1) is 39.8. The number of hydrogen-bond acceptors (Lipinski definition) is 14. The van der Waals surface area contributed by atoms with Crippen molar-refractivity contribution in [2.75, 3.05) is 39.3 Å². The molecule has 458 valence electrons. The molecule has 2 aromatic carbocycles. The smallest absolute Gasteiger partial charge is 0.246 e. The van der Waals surface area contributed by atoms with E-state index in [-0.39, 0.29) is 84.0 Å². The molecule has 3 saturated heterocycles. The minimum atomic E-state index is -1.35. The van der Waals surface area contributed by atoms with Crippen molar-refractivity contribution in [2.45, 2.75) is 185 Å². The molecule has 83 heavy (non-hydrogen) atoms. The number of hydrogen-bond donors (Lipinski definition) is 11. The lowest BCUT2D eigenvalue weighted by Crippen LogP contribution is -2.61. The molecule has 3 fully saturated rings. The summed E-state index contributed by atoms with van der Waals surface area (Å²) in [4.78, 5) is 150. The fourth-order valence-corrected chi connectivity index (χ4v) is 11.2. The molecule has 0 unspecified atom stereocenters. The molecule has 2 aromatic rings. The molecule has 23 heteroatoms. The highest BCUT2D eigenvalue weighted by molar-refractivity contribution is 6.07. The number of ketones is 1. The highest BCUT2D eigenvalue weighted by atomic mass is 16.2. The van der Waals surface area contributed by atoms with E-state index in [4.69, 9.17) is 22.9 Å². The quantitative estimate of drug-likeness (QED) is 0.0619. The summed E-state index contributed by atoms with van der Waals surface area (Å²) >= 11 is 0. The third kappa shape index (κ3) is 19.6. The van der Waals surface area contributed by atoms with Crippen LogP contribution in [0.1, 0.15) is 129 Å². The van der Waals surface area contributed by atoms with Gasteiger partial charge in [0.25, 0.3) is 0 Å². The summed E-state index contributed by atoms with van der Waals surface area (Å²) in [6.45, 7) is 8.00. The summed E-state index contributed by atoms with van der Waals surface area (Å²) in [5, 5.41) is 19.9. The molecule has 0 spiro atoms. The van der Waals surface area contributed by atoms with E-state index >= 15 is 4.79 Å². The van der Waals surface area contributed by atoms with Gasteiger partial charge in [0.15, 0.2) is 5.78 Å². The average Bonchev–Trinajstić information content (AvgIpc) is 4.42. The predicted octanol–water partition coefficient (Wildman–Crippen LogP) is 0.0941. The van der Waals surface area contributed by atoms with Crippen molar-refractivity contribution in [3.05, 3.63) is 71.8 Å². The third-order valence-electron chi connectivity index (χ3n) is 15.8. The number of unbranched alkanes of at least 4 members (excludes halogenated alkanes) is 2. The van der Waals surface area contributed by atoms with E-state index in [1.807, 2.05) is 6.07 Å².